The van der Waals surface area contributed by atoms with Crippen LogP contribution in [0.1, 0.15) is 26.3 Å². The van der Waals surface area contributed by atoms with Gasteiger partial charge in [-0.15, -0.1) is 0 Å². The van der Waals surface area contributed by atoms with Gasteiger partial charge in [0.25, 0.3) is 21.6 Å². The summed E-state index contributed by atoms with van der Waals surface area (Å²) in [6, 6.07) is 8.32. The predicted molar refractivity (Wildman–Crippen MR) is 235 cm³/mol. The van der Waals surface area contributed by atoms with Crippen LogP contribution in [0.2, 0.25) is 5.02 Å². The van der Waals surface area contributed by atoms with Crippen molar-refractivity contribution >= 4 is 85.7 Å². The Morgan fingerprint density at radius 2 is 1.42 bits per heavy atom. The Balaban J connectivity index is 0.000000571. The number of ether oxygens (including phenoxy) is 3. The van der Waals surface area contributed by atoms with Gasteiger partial charge in [-0.05, 0) is 47.3 Å². The monoisotopic (exact) mass is 1140 g/mol. The molecular formula is C35H36ClF7N7O18PS3. The number of nitro benzene ring substituents is 1. The summed E-state index contributed by atoms with van der Waals surface area (Å²) in [6.45, 7) is -7.30. The average molecular weight is 1140 g/mol. The van der Waals surface area contributed by atoms with Crippen molar-refractivity contribution in [3.63, 3.8) is 0 Å². The topological polar surface area (TPSA) is 382 Å². The molecule has 0 aliphatic heterocycles. The van der Waals surface area contributed by atoms with Crippen LogP contribution in [-0.2, 0) is 46.5 Å². The number of sulfonamides is 2. The summed E-state index contributed by atoms with van der Waals surface area (Å²) in [4.78, 5) is 78.8. The highest BCUT2D eigenvalue weighted by Gasteiger charge is 2.31. The number of halogens is 8. The summed E-state index contributed by atoms with van der Waals surface area (Å²) >= 11 is 5.76. The number of aromatic nitrogens is 2. The number of carbonyl (C=O) groups is 4. The largest absolute Gasteiger partial charge is 0.778 e. The number of nitro groups is 1. The zero-order valence-corrected chi connectivity index (χ0v) is 40.5. The van der Waals surface area contributed by atoms with Crippen LogP contribution in [0, 0.1) is 10.1 Å². The molecule has 4 aromatic rings. The zero-order chi connectivity index (χ0) is 55.5. The van der Waals surface area contributed by atoms with Gasteiger partial charge in [-0.2, -0.15) is 40.7 Å². The molecule has 1 heterocycles. The standard InChI is InChI=1S/C15H10ClF3N2O6S.C14H10F4N4O7S.C3H8NO5P.C3H9S/c1-28(25,26)20-14(22)10-7-9(3-4-12(10)21(23)24)27-13-5-2-8(6-11(13)16)15(17,18)19;15-11(16)28-8-5-9(29-12(17)18)20-13(19-8)21-14(25)22-30(26,27)7-4-2-1-3-6(7)10(23)24;5-3(6)1-4-2-10(7,8)9;1-4(2)3/h2-7H,1H3,(H,20,22);1-5,11-12H,(H,23,24)(H2,19,20,21,22,25);4H,1-2H2,(H,5,6)(H2,7,8,9);1-3H3/q;;;+1/p-1. The zero-order valence-electron chi connectivity index (χ0n) is 36.4. The molecule has 0 saturated carbocycles. The smallest absolute Gasteiger partial charge is 0.416 e. The summed E-state index contributed by atoms with van der Waals surface area (Å²) in [5.74, 6) is -7.31. The number of alkyl halides is 7. The number of benzene rings is 3. The van der Waals surface area contributed by atoms with E-state index in [4.69, 9.17) is 31.4 Å². The normalized spacial score (nSPS) is 12.0. The van der Waals surface area contributed by atoms with E-state index in [0.29, 0.717) is 35.3 Å². The number of aliphatic carboxylic acids is 1. The number of amides is 3. The molecular weight excluding hydrogens is 1100 g/mol. The lowest BCUT2D eigenvalue weighted by Crippen LogP contribution is -2.35. The molecule has 25 nitrogen and oxygen atoms in total. The van der Waals surface area contributed by atoms with Crippen molar-refractivity contribution in [1.29, 1.82) is 0 Å². The van der Waals surface area contributed by atoms with Crippen LogP contribution in [0.5, 0.6) is 23.3 Å². The van der Waals surface area contributed by atoms with E-state index in [0.717, 1.165) is 36.4 Å². The molecule has 72 heavy (non-hydrogen) atoms. The van der Waals surface area contributed by atoms with Crippen molar-refractivity contribution in [1.82, 2.24) is 24.7 Å². The fourth-order valence-corrected chi connectivity index (χ4v) is 6.45. The number of carbonyl (C=O) groups excluding carboxylic acids is 2. The Bertz CT molecular complexity index is 2820. The maximum atomic E-state index is 12.7. The molecule has 3 aromatic carbocycles. The lowest BCUT2D eigenvalue weighted by molar-refractivity contribution is -0.385. The Morgan fingerprint density at radius 1 is 0.875 bits per heavy atom. The predicted octanol–water partition coefficient (Wildman–Crippen LogP) is 4.29. The lowest BCUT2D eigenvalue weighted by atomic mass is 10.1. The second-order valence-electron chi connectivity index (χ2n) is 13.2. The Kier molecular flexibility index (Phi) is 24.5. The lowest BCUT2D eigenvalue weighted by Gasteiger charge is -2.14. The molecule has 398 valence electrons. The number of carboxylic acids is 2. The number of nitrogens with one attached hydrogen (secondary N) is 4. The maximum absolute atomic E-state index is 12.7. The van der Waals surface area contributed by atoms with E-state index < -0.39 is 139 Å². The molecule has 37 heteroatoms. The first-order chi connectivity index (χ1) is 32.9. The molecule has 0 bridgehead atoms. The van der Waals surface area contributed by atoms with E-state index >= 15 is 0 Å². The van der Waals surface area contributed by atoms with Gasteiger partial charge in [0.1, 0.15) is 29.6 Å². The number of nitrogens with zero attached hydrogens (tertiary/aromatic N) is 3. The summed E-state index contributed by atoms with van der Waals surface area (Å²) in [6.07, 6.45) is 1.94. The van der Waals surface area contributed by atoms with Crippen molar-refractivity contribution < 1.29 is 110 Å². The number of urea groups is 1. The number of rotatable bonds is 17. The fourth-order valence-electron chi connectivity index (χ4n) is 4.28. The molecule has 1 atom stereocenters. The van der Waals surface area contributed by atoms with Gasteiger partial charge in [-0.1, -0.05) is 23.7 Å². The van der Waals surface area contributed by atoms with Crippen molar-refractivity contribution in [2.24, 2.45) is 0 Å². The van der Waals surface area contributed by atoms with E-state index in [1.165, 1.54) is 16.9 Å². The third-order valence-corrected chi connectivity index (χ3v) is 9.58. The SMILES string of the molecule is CS(=O)(=O)NC(=O)c1cc(Oc2ccc(C(F)(F)F)cc2Cl)ccc1[N+](=O)[O-].C[S+](C)C.O=C(Nc1nc(OC(F)F)cc(OC(F)F)n1)NS(=O)(=O)c1ccccc1C(=O)O.O=C(O)CNCP(=O)([O-])O. The average Bonchev–Trinajstić information content (AvgIpc) is 3.19. The second-order valence-corrected chi connectivity index (χ2v) is 21.1. The van der Waals surface area contributed by atoms with Gasteiger partial charge in [-0.3, -0.25) is 30.3 Å². The minimum Gasteiger partial charge on any atom is -0.778 e. The highest BCUT2D eigenvalue weighted by molar-refractivity contribution is 7.94. The third-order valence-electron chi connectivity index (χ3n) is 6.72. The van der Waals surface area contributed by atoms with Gasteiger partial charge in [0, 0.05) is 12.1 Å². The van der Waals surface area contributed by atoms with Crippen LogP contribution < -0.4 is 39.2 Å². The highest BCUT2D eigenvalue weighted by Crippen LogP contribution is 2.37. The number of aromatic carboxylic acids is 1. The van der Waals surface area contributed by atoms with Gasteiger partial charge >= 0.3 is 37.4 Å². The van der Waals surface area contributed by atoms with E-state index in [1.54, 1.807) is 10.0 Å². The molecule has 1 aromatic heterocycles. The summed E-state index contributed by atoms with van der Waals surface area (Å²) in [5.41, 5.74) is -2.99. The van der Waals surface area contributed by atoms with Crippen molar-refractivity contribution in [2.75, 3.05) is 43.2 Å². The van der Waals surface area contributed by atoms with E-state index in [1.807, 2.05) is 5.32 Å². The van der Waals surface area contributed by atoms with E-state index in [-0.39, 0.29) is 11.5 Å². The van der Waals surface area contributed by atoms with Gasteiger partial charge in [0.15, 0.2) is 0 Å². The Labute approximate surface area is 408 Å². The highest BCUT2D eigenvalue weighted by atomic mass is 35.5. The van der Waals surface area contributed by atoms with E-state index in [2.05, 4.69) is 38.2 Å². The first-order valence-corrected chi connectivity index (χ1v) is 26.1. The van der Waals surface area contributed by atoms with Crippen molar-refractivity contribution in [3.8, 4) is 23.3 Å². The molecule has 0 aliphatic rings. The molecule has 0 saturated heterocycles. The second kappa shape index (κ2) is 27.8. The Morgan fingerprint density at radius 3 is 1.86 bits per heavy atom. The molecule has 0 radical (unpaired) electrons. The third kappa shape index (κ3) is 25.0. The van der Waals surface area contributed by atoms with Crippen LogP contribution in [-0.4, -0.2) is 122 Å². The summed E-state index contributed by atoms with van der Waals surface area (Å²) < 4.78 is 160. The maximum Gasteiger partial charge on any atom is 0.416 e. The molecule has 7 N–H and O–H groups in total. The number of anilines is 1. The first kappa shape index (κ1) is 63.4. The minimum absolute atomic E-state index is 0.189. The molecule has 0 fully saturated rings. The fraction of sp³-hybridized carbons (Fsp3) is 0.257. The van der Waals surface area contributed by atoms with Crippen molar-refractivity contribution in [3.05, 3.63) is 98.6 Å². The Hall–Kier alpha value is -6.62. The summed E-state index contributed by atoms with van der Waals surface area (Å²) in [5, 5.41) is 31.4. The molecule has 4 rings (SSSR count). The van der Waals surface area contributed by atoms with Crippen LogP contribution in [0.4, 0.5) is 47.2 Å². The van der Waals surface area contributed by atoms with Crippen LogP contribution >= 0.6 is 19.2 Å². The van der Waals surface area contributed by atoms with Crippen LogP contribution in [0.25, 0.3) is 0 Å². The van der Waals surface area contributed by atoms with Crippen molar-refractivity contribution in [2.45, 2.75) is 24.3 Å². The van der Waals surface area contributed by atoms with E-state index in [9.17, 15) is 86.3 Å². The number of hydrogen-bond acceptors (Lipinski definition) is 18. The quantitative estimate of drug-likeness (QED) is 0.0255. The van der Waals surface area contributed by atoms with Gasteiger partial charge < -0.3 is 38.8 Å². The molecule has 0 spiro atoms. The van der Waals surface area contributed by atoms with Gasteiger partial charge in [0.05, 0.1) is 65.0 Å². The first-order valence-electron chi connectivity index (χ1n) is 18.1. The molecule has 1 unspecified atom stereocenters. The van der Waals surface area contributed by atoms with Crippen LogP contribution in [0.3, 0.4) is 0 Å². The minimum atomic E-state index is -4.71. The molecule has 0 aliphatic carbocycles. The summed E-state index contributed by atoms with van der Waals surface area (Å²) in [7, 11) is -12.4. The van der Waals surface area contributed by atoms with Gasteiger partial charge in [-0.25, -0.2) is 35.9 Å². The number of carboxylic acid groups (broad SMARTS) is 2. The number of hydrogen-bond donors (Lipinski definition) is 7. The molecule has 3 amide bonds. The van der Waals surface area contributed by atoms with Gasteiger partial charge in [0.2, 0.25) is 27.7 Å². The van der Waals surface area contributed by atoms with Crippen LogP contribution in [0.15, 0.2) is 71.6 Å².